The molecule has 0 unspecified atom stereocenters. The fourth-order valence-electron chi connectivity index (χ4n) is 2.40. The molecule has 0 N–H and O–H groups in total. The first-order valence-electron chi connectivity index (χ1n) is 6.50. The highest BCUT2D eigenvalue weighted by Gasteiger charge is 2.26. The first kappa shape index (κ1) is 14.5. The van der Waals surface area contributed by atoms with Crippen LogP contribution in [0.3, 0.4) is 0 Å². The van der Waals surface area contributed by atoms with Crippen LogP contribution in [0.4, 0.5) is 0 Å². The first-order chi connectivity index (χ1) is 8.00. The molecule has 0 aromatic heterocycles. The van der Waals surface area contributed by atoms with Crippen LogP contribution in [0.1, 0.15) is 46.0 Å². The summed E-state index contributed by atoms with van der Waals surface area (Å²) in [5, 5.41) is 0. The van der Waals surface area contributed by atoms with Gasteiger partial charge in [-0.1, -0.05) is 26.2 Å². The molecule has 0 spiro atoms. The minimum atomic E-state index is -3.20. The van der Waals surface area contributed by atoms with Crippen LogP contribution in [0.2, 0.25) is 0 Å². The van der Waals surface area contributed by atoms with Crippen molar-refractivity contribution in [2.45, 2.75) is 52.0 Å². The number of carbonyl (C=O) groups excluding carboxylic acids is 1. The van der Waals surface area contributed by atoms with Gasteiger partial charge in [0.1, 0.15) is 5.75 Å². The summed E-state index contributed by atoms with van der Waals surface area (Å²) >= 11 is 0. The number of rotatable bonds is 5. The van der Waals surface area contributed by atoms with Crippen molar-refractivity contribution in [2.75, 3.05) is 18.1 Å². The Labute approximate surface area is 104 Å². The third-order valence-corrected chi connectivity index (χ3v) is 5.03. The van der Waals surface area contributed by atoms with Crippen LogP contribution in [0.5, 0.6) is 0 Å². The Kier molecular flexibility index (Phi) is 5.43. The van der Waals surface area contributed by atoms with Crippen molar-refractivity contribution < 1.29 is 13.2 Å². The Morgan fingerprint density at radius 1 is 1.18 bits per heavy atom. The molecule has 0 heterocycles. The van der Waals surface area contributed by atoms with Gasteiger partial charge in [0.05, 0.1) is 0 Å². The molecule has 0 bridgehead atoms. The van der Waals surface area contributed by atoms with Gasteiger partial charge in [-0.2, -0.15) is 0 Å². The summed E-state index contributed by atoms with van der Waals surface area (Å²) < 4.78 is 22.9. The molecule has 5 heteroatoms. The highest BCUT2D eigenvalue weighted by atomic mass is 32.2. The van der Waals surface area contributed by atoms with E-state index in [1.807, 2.05) is 6.92 Å². The largest absolute Gasteiger partial charge is 0.339 e. The lowest BCUT2D eigenvalue weighted by molar-refractivity contribution is -0.131. The van der Waals surface area contributed by atoms with Crippen LogP contribution < -0.4 is 0 Å². The van der Waals surface area contributed by atoms with Gasteiger partial charge in [0.15, 0.2) is 9.84 Å². The molecule has 1 amide bonds. The molecule has 1 rings (SSSR count). The summed E-state index contributed by atoms with van der Waals surface area (Å²) in [5.41, 5.74) is 0. The van der Waals surface area contributed by atoms with Gasteiger partial charge in [-0.3, -0.25) is 4.79 Å². The van der Waals surface area contributed by atoms with Crippen LogP contribution in [0, 0.1) is 0 Å². The highest BCUT2D eigenvalue weighted by molar-refractivity contribution is 7.92. The highest BCUT2D eigenvalue weighted by Crippen LogP contribution is 2.22. The third kappa shape index (κ3) is 4.30. The van der Waals surface area contributed by atoms with Crippen molar-refractivity contribution in [3.8, 4) is 0 Å². The van der Waals surface area contributed by atoms with Crippen molar-refractivity contribution in [2.24, 2.45) is 0 Å². The topological polar surface area (TPSA) is 54.5 Å². The van der Waals surface area contributed by atoms with Crippen LogP contribution in [0.25, 0.3) is 0 Å². The fraction of sp³-hybridized carbons (Fsp3) is 0.917. The van der Waals surface area contributed by atoms with Gasteiger partial charge < -0.3 is 4.90 Å². The molecule has 0 aliphatic heterocycles. The summed E-state index contributed by atoms with van der Waals surface area (Å²) in [6, 6.07) is 0.258. The second-order valence-corrected chi connectivity index (χ2v) is 7.00. The number of nitrogens with zero attached hydrogens (tertiary/aromatic N) is 1. The maximum atomic E-state index is 12.0. The van der Waals surface area contributed by atoms with Crippen molar-refractivity contribution in [3.05, 3.63) is 0 Å². The van der Waals surface area contributed by atoms with Gasteiger partial charge in [-0.25, -0.2) is 8.42 Å². The SMILES string of the molecule is CCN(C(=O)CS(=O)(=O)CC)C1CCCCC1. The molecule has 1 saturated carbocycles. The van der Waals surface area contributed by atoms with E-state index < -0.39 is 9.84 Å². The summed E-state index contributed by atoms with van der Waals surface area (Å²) in [6.07, 6.45) is 5.57. The molecule has 17 heavy (non-hydrogen) atoms. The average molecular weight is 261 g/mol. The number of hydrogen-bond donors (Lipinski definition) is 0. The maximum absolute atomic E-state index is 12.0. The standard InChI is InChI=1S/C12H23NO3S/c1-3-13(11-8-6-5-7-9-11)12(14)10-17(15,16)4-2/h11H,3-10H2,1-2H3. The van der Waals surface area contributed by atoms with E-state index in [9.17, 15) is 13.2 Å². The lowest BCUT2D eigenvalue weighted by atomic mass is 9.94. The van der Waals surface area contributed by atoms with E-state index >= 15 is 0 Å². The van der Waals surface area contributed by atoms with Gasteiger partial charge in [-0.15, -0.1) is 0 Å². The van der Waals surface area contributed by atoms with Crippen molar-refractivity contribution in [1.82, 2.24) is 4.90 Å². The Balaban J connectivity index is 2.63. The number of hydrogen-bond acceptors (Lipinski definition) is 3. The lowest BCUT2D eigenvalue weighted by Gasteiger charge is -2.33. The van der Waals surface area contributed by atoms with Gasteiger partial charge in [-0.05, 0) is 19.8 Å². The smallest absolute Gasteiger partial charge is 0.238 e. The minimum Gasteiger partial charge on any atom is -0.339 e. The van der Waals surface area contributed by atoms with E-state index in [1.54, 1.807) is 11.8 Å². The quantitative estimate of drug-likeness (QED) is 0.755. The van der Waals surface area contributed by atoms with Crippen LogP contribution in [0.15, 0.2) is 0 Å². The van der Waals surface area contributed by atoms with Crippen molar-refractivity contribution in [3.63, 3.8) is 0 Å². The Morgan fingerprint density at radius 2 is 1.76 bits per heavy atom. The van der Waals surface area contributed by atoms with Crippen LogP contribution in [-0.2, 0) is 14.6 Å². The molecule has 100 valence electrons. The molecular formula is C12H23NO3S. The van der Waals surface area contributed by atoms with Gasteiger partial charge in [0.2, 0.25) is 5.91 Å². The monoisotopic (exact) mass is 261 g/mol. The predicted octanol–water partition coefficient (Wildman–Crippen LogP) is 1.60. The summed E-state index contributed by atoms with van der Waals surface area (Å²) in [4.78, 5) is 13.8. The van der Waals surface area contributed by atoms with E-state index in [-0.39, 0.29) is 23.5 Å². The first-order valence-corrected chi connectivity index (χ1v) is 8.32. The van der Waals surface area contributed by atoms with E-state index in [4.69, 9.17) is 0 Å². The zero-order chi connectivity index (χ0) is 12.9. The second-order valence-electron chi connectivity index (χ2n) is 4.65. The molecular weight excluding hydrogens is 238 g/mol. The van der Waals surface area contributed by atoms with E-state index in [0.717, 1.165) is 25.7 Å². The minimum absolute atomic E-state index is 0.0426. The second kappa shape index (κ2) is 6.38. The number of sulfone groups is 1. The third-order valence-electron chi connectivity index (χ3n) is 3.46. The molecule has 0 aromatic rings. The molecule has 0 radical (unpaired) electrons. The Hall–Kier alpha value is -0.580. The van der Waals surface area contributed by atoms with Crippen LogP contribution in [-0.4, -0.2) is 43.3 Å². The van der Waals surface area contributed by atoms with Crippen LogP contribution >= 0.6 is 0 Å². The zero-order valence-corrected chi connectivity index (χ0v) is 11.6. The van der Waals surface area contributed by atoms with E-state index in [2.05, 4.69) is 0 Å². The fourth-order valence-corrected chi connectivity index (χ4v) is 3.15. The maximum Gasteiger partial charge on any atom is 0.238 e. The molecule has 0 atom stereocenters. The molecule has 4 nitrogen and oxygen atoms in total. The number of amides is 1. The average Bonchev–Trinajstić information content (AvgIpc) is 2.31. The van der Waals surface area contributed by atoms with Gasteiger partial charge in [0.25, 0.3) is 0 Å². The van der Waals surface area contributed by atoms with E-state index in [0.29, 0.717) is 6.54 Å². The number of carbonyl (C=O) groups is 1. The van der Waals surface area contributed by atoms with Crippen molar-refractivity contribution in [1.29, 1.82) is 0 Å². The Morgan fingerprint density at radius 3 is 2.24 bits per heavy atom. The van der Waals surface area contributed by atoms with Gasteiger partial charge >= 0.3 is 0 Å². The molecule has 0 aromatic carbocycles. The van der Waals surface area contributed by atoms with E-state index in [1.165, 1.54) is 6.42 Å². The molecule has 1 fully saturated rings. The lowest BCUT2D eigenvalue weighted by Crippen LogP contribution is -2.44. The Bertz CT molecular complexity index is 345. The normalized spacial score (nSPS) is 18.0. The molecule has 0 saturated heterocycles. The molecule has 1 aliphatic rings. The summed E-state index contributed by atoms with van der Waals surface area (Å²) in [5.74, 6) is -0.504. The summed E-state index contributed by atoms with van der Waals surface area (Å²) in [6.45, 7) is 4.12. The summed E-state index contributed by atoms with van der Waals surface area (Å²) in [7, 11) is -3.20. The van der Waals surface area contributed by atoms with Gasteiger partial charge in [0, 0.05) is 18.3 Å². The molecule has 1 aliphatic carbocycles. The van der Waals surface area contributed by atoms with Crippen molar-refractivity contribution >= 4 is 15.7 Å². The zero-order valence-electron chi connectivity index (χ0n) is 10.8. The predicted molar refractivity (Wildman–Crippen MR) is 68.6 cm³/mol.